The van der Waals surface area contributed by atoms with E-state index in [2.05, 4.69) is 9.47 Å². The quantitative estimate of drug-likeness (QED) is 0.394. The van der Waals surface area contributed by atoms with Crippen molar-refractivity contribution in [3.8, 4) is 0 Å². The summed E-state index contributed by atoms with van der Waals surface area (Å²) in [5.41, 5.74) is 0.323. The first-order valence-corrected chi connectivity index (χ1v) is 5.60. The van der Waals surface area contributed by atoms with Gasteiger partial charge in [0.1, 0.15) is 0 Å². The van der Waals surface area contributed by atoms with Gasteiger partial charge in [-0.3, -0.25) is 4.79 Å². The van der Waals surface area contributed by atoms with Gasteiger partial charge in [-0.1, -0.05) is 12.5 Å². The largest absolute Gasteiger partial charge is 0.469 e. The molecule has 17 heavy (non-hydrogen) atoms. The minimum absolute atomic E-state index is 0.0663. The average Bonchev–Trinajstić information content (AvgIpc) is 2.35. The summed E-state index contributed by atoms with van der Waals surface area (Å²) in [7, 11) is 2.55. The first kappa shape index (κ1) is 15.6. The van der Waals surface area contributed by atoms with Crippen LogP contribution in [0.25, 0.3) is 0 Å². The molecule has 0 fully saturated rings. The fourth-order valence-corrected chi connectivity index (χ4v) is 1.30. The highest BCUT2D eigenvalue weighted by atomic mass is 16.5. The summed E-state index contributed by atoms with van der Waals surface area (Å²) in [6.45, 7) is 0.176. The van der Waals surface area contributed by atoms with Crippen molar-refractivity contribution in [1.82, 2.24) is 0 Å². The standard InChI is InChI=1S/C12H20O5/c1-16-11(14)9-10(12(15)17-2)7-5-3-4-6-8-13/h7,13H,3-6,8-9H2,1-2H3/b10-7+. The number of ether oxygens (including phenoxy) is 2. The summed E-state index contributed by atoms with van der Waals surface area (Å²) >= 11 is 0. The summed E-state index contributed by atoms with van der Waals surface area (Å²) in [5.74, 6) is -0.963. The van der Waals surface area contributed by atoms with Gasteiger partial charge in [0, 0.05) is 12.2 Å². The lowest BCUT2D eigenvalue weighted by molar-refractivity contribution is -0.143. The maximum Gasteiger partial charge on any atom is 0.333 e. The molecule has 0 aromatic heterocycles. The second kappa shape index (κ2) is 9.84. The molecule has 1 N–H and O–H groups in total. The molecule has 0 saturated heterocycles. The summed E-state index contributed by atoms with van der Waals surface area (Å²) < 4.78 is 9.08. The molecule has 0 aromatic carbocycles. The van der Waals surface area contributed by atoms with E-state index in [1.54, 1.807) is 6.08 Å². The third-order valence-corrected chi connectivity index (χ3v) is 2.26. The third-order valence-electron chi connectivity index (χ3n) is 2.26. The summed E-state index contributed by atoms with van der Waals surface area (Å²) in [6.07, 6.45) is 4.81. The predicted octanol–water partition coefficient (Wildman–Crippen LogP) is 1.20. The normalized spacial score (nSPS) is 11.1. The van der Waals surface area contributed by atoms with Crippen molar-refractivity contribution in [3.05, 3.63) is 11.6 Å². The number of allylic oxidation sites excluding steroid dienone is 1. The molecule has 0 aliphatic carbocycles. The number of methoxy groups -OCH3 is 2. The highest BCUT2D eigenvalue weighted by molar-refractivity contribution is 5.93. The molecule has 0 atom stereocenters. The van der Waals surface area contributed by atoms with Gasteiger partial charge in [-0.2, -0.15) is 0 Å². The SMILES string of the molecule is COC(=O)C/C(=C\CCCCCO)C(=O)OC. The van der Waals surface area contributed by atoms with Crippen LogP contribution in [-0.2, 0) is 19.1 Å². The molecule has 98 valence electrons. The summed E-state index contributed by atoms with van der Waals surface area (Å²) in [4.78, 5) is 22.4. The van der Waals surface area contributed by atoms with Crippen LogP contribution in [0.5, 0.6) is 0 Å². The minimum atomic E-state index is -0.502. The van der Waals surface area contributed by atoms with Crippen LogP contribution in [0.3, 0.4) is 0 Å². The second-order valence-electron chi connectivity index (χ2n) is 3.55. The molecule has 0 aliphatic heterocycles. The van der Waals surface area contributed by atoms with Crippen molar-refractivity contribution in [2.75, 3.05) is 20.8 Å². The van der Waals surface area contributed by atoms with Crippen LogP contribution in [0.4, 0.5) is 0 Å². The lowest BCUT2D eigenvalue weighted by Gasteiger charge is -2.04. The van der Waals surface area contributed by atoms with Crippen molar-refractivity contribution in [1.29, 1.82) is 0 Å². The van der Waals surface area contributed by atoms with Crippen molar-refractivity contribution in [2.45, 2.75) is 32.1 Å². The van der Waals surface area contributed by atoms with Crippen molar-refractivity contribution in [3.63, 3.8) is 0 Å². The van der Waals surface area contributed by atoms with E-state index >= 15 is 0 Å². The van der Waals surface area contributed by atoms with Gasteiger partial charge in [0.05, 0.1) is 20.6 Å². The van der Waals surface area contributed by atoms with Crippen molar-refractivity contribution >= 4 is 11.9 Å². The van der Waals surface area contributed by atoms with E-state index in [-0.39, 0.29) is 13.0 Å². The Kier molecular flexibility index (Phi) is 9.05. The van der Waals surface area contributed by atoms with Crippen molar-refractivity contribution < 1.29 is 24.2 Å². The van der Waals surface area contributed by atoms with Crippen LogP contribution in [0.2, 0.25) is 0 Å². The fraction of sp³-hybridized carbons (Fsp3) is 0.667. The summed E-state index contributed by atoms with van der Waals surface area (Å²) in [5, 5.41) is 8.60. The topological polar surface area (TPSA) is 72.8 Å². The fourth-order valence-electron chi connectivity index (χ4n) is 1.30. The Morgan fingerprint density at radius 3 is 2.35 bits per heavy atom. The van der Waals surface area contributed by atoms with Gasteiger partial charge in [-0.25, -0.2) is 4.79 Å². The molecule has 0 saturated carbocycles. The molecule has 0 spiro atoms. The maximum atomic E-state index is 11.3. The number of unbranched alkanes of at least 4 members (excludes halogenated alkanes) is 3. The number of aliphatic hydroxyl groups excluding tert-OH is 1. The van der Waals surface area contributed by atoms with Gasteiger partial charge in [-0.05, 0) is 19.3 Å². The predicted molar refractivity (Wildman–Crippen MR) is 62.3 cm³/mol. The second-order valence-corrected chi connectivity index (χ2v) is 3.55. The zero-order chi connectivity index (χ0) is 13.1. The van der Waals surface area contributed by atoms with E-state index in [0.29, 0.717) is 12.0 Å². The number of carbonyl (C=O) groups is 2. The smallest absolute Gasteiger partial charge is 0.333 e. The molecule has 0 aromatic rings. The van der Waals surface area contributed by atoms with Gasteiger partial charge in [-0.15, -0.1) is 0 Å². The molecule has 5 heteroatoms. The minimum Gasteiger partial charge on any atom is -0.469 e. The molecule has 0 amide bonds. The Labute approximate surface area is 101 Å². The van der Waals surface area contributed by atoms with Gasteiger partial charge in [0.2, 0.25) is 0 Å². The van der Waals surface area contributed by atoms with E-state index in [1.807, 2.05) is 0 Å². The van der Waals surface area contributed by atoms with Crippen LogP contribution in [0.1, 0.15) is 32.1 Å². The van der Waals surface area contributed by atoms with E-state index in [4.69, 9.17) is 5.11 Å². The van der Waals surface area contributed by atoms with Gasteiger partial charge in [0.15, 0.2) is 0 Å². The Bertz CT molecular complexity index is 270. The molecular weight excluding hydrogens is 224 g/mol. The highest BCUT2D eigenvalue weighted by Crippen LogP contribution is 2.09. The number of rotatable bonds is 8. The monoisotopic (exact) mass is 244 g/mol. The Morgan fingerprint density at radius 1 is 1.12 bits per heavy atom. The first-order chi connectivity index (χ1) is 8.15. The molecular formula is C12H20O5. The zero-order valence-corrected chi connectivity index (χ0v) is 10.4. The Balaban J connectivity index is 4.21. The van der Waals surface area contributed by atoms with Crippen LogP contribution < -0.4 is 0 Å². The third kappa shape index (κ3) is 7.52. The highest BCUT2D eigenvalue weighted by Gasteiger charge is 2.13. The number of carbonyl (C=O) groups excluding carboxylic acids is 2. The van der Waals surface area contributed by atoms with Crippen molar-refractivity contribution in [2.24, 2.45) is 0 Å². The zero-order valence-electron chi connectivity index (χ0n) is 10.4. The molecule has 5 nitrogen and oxygen atoms in total. The number of esters is 2. The van der Waals surface area contributed by atoms with E-state index in [0.717, 1.165) is 19.3 Å². The van der Waals surface area contributed by atoms with Crippen LogP contribution in [0.15, 0.2) is 11.6 Å². The van der Waals surface area contributed by atoms with Crippen LogP contribution in [-0.4, -0.2) is 37.9 Å². The maximum absolute atomic E-state index is 11.3. The summed E-state index contributed by atoms with van der Waals surface area (Å²) in [6, 6.07) is 0. The van der Waals surface area contributed by atoms with E-state index in [9.17, 15) is 9.59 Å². The molecule has 0 rings (SSSR count). The number of hydrogen-bond donors (Lipinski definition) is 1. The van der Waals surface area contributed by atoms with E-state index in [1.165, 1.54) is 14.2 Å². The lowest BCUT2D eigenvalue weighted by Crippen LogP contribution is -2.11. The first-order valence-electron chi connectivity index (χ1n) is 5.60. The molecule has 0 bridgehead atoms. The molecule has 0 radical (unpaired) electrons. The lowest BCUT2D eigenvalue weighted by atomic mass is 10.1. The van der Waals surface area contributed by atoms with Crippen LogP contribution >= 0.6 is 0 Å². The van der Waals surface area contributed by atoms with Crippen LogP contribution in [0, 0.1) is 0 Å². The Morgan fingerprint density at radius 2 is 1.82 bits per heavy atom. The number of aliphatic hydroxyl groups is 1. The van der Waals surface area contributed by atoms with Gasteiger partial charge in [0.25, 0.3) is 0 Å². The Hall–Kier alpha value is -1.36. The molecule has 0 unspecified atom stereocenters. The molecule has 0 heterocycles. The number of hydrogen-bond acceptors (Lipinski definition) is 5. The average molecular weight is 244 g/mol. The van der Waals surface area contributed by atoms with Gasteiger partial charge < -0.3 is 14.6 Å². The van der Waals surface area contributed by atoms with E-state index < -0.39 is 11.9 Å². The van der Waals surface area contributed by atoms with Gasteiger partial charge >= 0.3 is 11.9 Å². The molecule has 0 aliphatic rings.